The van der Waals surface area contributed by atoms with Gasteiger partial charge in [0.05, 0.1) is 12.7 Å². The topological polar surface area (TPSA) is 62.3 Å². The first kappa shape index (κ1) is 14.4. The highest BCUT2D eigenvalue weighted by Crippen LogP contribution is 2.21. The smallest absolute Gasteiger partial charge is 0.0635 e. The summed E-state index contributed by atoms with van der Waals surface area (Å²) in [5, 5.41) is 8.72. The van der Waals surface area contributed by atoms with E-state index in [9.17, 15) is 0 Å². The van der Waals surface area contributed by atoms with Crippen LogP contribution in [0, 0.1) is 11.3 Å². The van der Waals surface area contributed by atoms with Gasteiger partial charge in [0.1, 0.15) is 0 Å². The van der Waals surface area contributed by atoms with Gasteiger partial charge in [-0.3, -0.25) is 4.90 Å². The zero-order valence-corrected chi connectivity index (χ0v) is 10.9. The maximum Gasteiger partial charge on any atom is 0.0635 e. The van der Waals surface area contributed by atoms with E-state index in [0.717, 1.165) is 25.9 Å². The van der Waals surface area contributed by atoms with Gasteiger partial charge in [0.25, 0.3) is 0 Å². The van der Waals surface area contributed by atoms with E-state index in [1.165, 1.54) is 19.3 Å². The second kappa shape index (κ2) is 8.46. The molecular weight excluding hydrogens is 214 g/mol. The molecule has 0 spiro atoms. The van der Waals surface area contributed by atoms with Crippen molar-refractivity contribution in [3.63, 3.8) is 0 Å². The molecule has 0 aromatic carbocycles. The Kier molecular flexibility index (Phi) is 7.18. The van der Waals surface area contributed by atoms with Crippen molar-refractivity contribution in [3.8, 4) is 6.07 Å². The summed E-state index contributed by atoms with van der Waals surface area (Å²) in [5.74, 6) is 0. The van der Waals surface area contributed by atoms with E-state index < -0.39 is 0 Å². The summed E-state index contributed by atoms with van der Waals surface area (Å²) in [4.78, 5) is 2.35. The summed E-state index contributed by atoms with van der Waals surface area (Å²) >= 11 is 0. The maximum atomic E-state index is 8.72. The fourth-order valence-corrected chi connectivity index (χ4v) is 2.62. The monoisotopic (exact) mass is 239 g/mol. The van der Waals surface area contributed by atoms with Crippen LogP contribution < -0.4 is 5.73 Å². The number of rotatable bonds is 6. The van der Waals surface area contributed by atoms with Crippen molar-refractivity contribution >= 4 is 0 Å². The van der Waals surface area contributed by atoms with Gasteiger partial charge in [0.2, 0.25) is 0 Å². The van der Waals surface area contributed by atoms with Crippen LogP contribution in [-0.4, -0.2) is 43.8 Å². The molecule has 17 heavy (non-hydrogen) atoms. The number of nitrogens with zero attached hydrogens (tertiary/aromatic N) is 2. The summed E-state index contributed by atoms with van der Waals surface area (Å²) in [5.41, 5.74) is 6.26. The van der Waals surface area contributed by atoms with Crippen molar-refractivity contribution in [2.45, 2.75) is 50.6 Å². The Labute approximate surface area is 105 Å². The molecule has 0 amide bonds. The molecule has 2 atom stereocenters. The molecule has 0 bridgehead atoms. The maximum absolute atomic E-state index is 8.72. The number of nitriles is 1. The van der Waals surface area contributed by atoms with Crippen LogP contribution in [0.4, 0.5) is 0 Å². The minimum absolute atomic E-state index is 0.257. The van der Waals surface area contributed by atoms with E-state index in [0.29, 0.717) is 19.1 Å². The van der Waals surface area contributed by atoms with E-state index in [1.807, 2.05) is 0 Å². The van der Waals surface area contributed by atoms with Gasteiger partial charge in [-0.2, -0.15) is 5.26 Å². The van der Waals surface area contributed by atoms with Crippen molar-refractivity contribution in [2.24, 2.45) is 5.73 Å². The molecule has 4 heteroatoms. The number of nitrogens with two attached hydrogens (primary N) is 1. The Hall–Kier alpha value is -0.630. The largest absolute Gasteiger partial charge is 0.383 e. The molecule has 4 nitrogen and oxygen atoms in total. The molecule has 2 N–H and O–H groups in total. The predicted molar refractivity (Wildman–Crippen MR) is 68.5 cm³/mol. The van der Waals surface area contributed by atoms with Crippen LogP contribution in [0.25, 0.3) is 0 Å². The molecule has 1 rings (SSSR count). The number of methoxy groups -OCH3 is 1. The average molecular weight is 239 g/mol. The highest BCUT2D eigenvalue weighted by molar-refractivity contribution is 4.86. The minimum Gasteiger partial charge on any atom is -0.383 e. The first-order chi connectivity index (χ1) is 8.29. The molecular formula is C13H25N3O. The Bertz CT molecular complexity index is 239. The zero-order valence-electron chi connectivity index (χ0n) is 10.9. The van der Waals surface area contributed by atoms with Crippen LogP contribution in [0.1, 0.15) is 38.5 Å². The first-order valence-electron chi connectivity index (χ1n) is 6.65. The molecule has 1 aliphatic rings. The van der Waals surface area contributed by atoms with Gasteiger partial charge in [-0.05, 0) is 12.8 Å². The normalized spacial score (nSPS) is 25.5. The van der Waals surface area contributed by atoms with Crippen molar-refractivity contribution in [1.29, 1.82) is 5.26 Å². The molecule has 1 fully saturated rings. The van der Waals surface area contributed by atoms with Crippen LogP contribution in [0.3, 0.4) is 0 Å². The van der Waals surface area contributed by atoms with E-state index in [2.05, 4.69) is 11.0 Å². The van der Waals surface area contributed by atoms with Crippen molar-refractivity contribution < 1.29 is 4.74 Å². The third-order valence-corrected chi connectivity index (χ3v) is 3.59. The Morgan fingerprint density at radius 2 is 2.06 bits per heavy atom. The van der Waals surface area contributed by atoms with Gasteiger partial charge in [-0.1, -0.05) is 19.3 Å². The minimum atomic E-state index is 0.257. The summed E-state index contributed by atoms with van der Waals surface area (Å²) < 4.78 is 5.14. The van der Waals surface area contributed by atoms with Gasteiger partial charge < -0.3 is 10.5 Å². The lowest BCUT2D eigenvalue weighted by Gasteiger charge is -2.34. The molecule has 1 saturated carbocycles. The predicted octanol–water partition coefficient (Wildman–Crippen LogP) is 1.51. The number of ether oxygens (including phenoxy) is 1. The highest BCUT2D eigenvalue weighted by Gasteiger charge is 2.25. The lowest BCUT2D eigenvalue weighted by Crippen LogP contribution is -2.48. The van der Waals surface area contributed by atoms with Crippen LogP contribution in [-0.2, 0) is 4.74 Å². The molecule has 98 valence electrons. The molecule has 2 unspecified atom stereocenters. The number of hydrogen-bond acceptors (Lipinski definition) is 4. The molecule has 0 heterocycles. The molecule has 0 radical (unpaired) electrons. The zero-order chi connectivity index (χ0) is 12.5. The summed E-state index contributed by atoms with van der Waals surface area (Å²) in [7, 11) is 1.72. The third kappa shape index (κ3) is 5.03. The SMILES string of the molecule is COCCN(CCC#N)C1CCCCCC1N. The van der Waals surface area contributed by atoms with Gasteiger partial charge >= 0.3 is 0 Å². The second-order valence-electron chi connectivity index (χ2n) is 4.81. The second-order valence-corrected chi connectivity index (χ2v) is 4.81. The molecule has 0 saturated heterocycles. The number of hydrogen-bond donors (Lipinski definition) is 1. The summed E-state index contributed by atoms with van der Waals surface area (Å²) in [6.07, 6.45) is 6.65. The first-order valence-corrected chi connectivity index (χ1v) is 6.65. The Morgan fingerprint density at radius 1 is 1.29 bits per heavy atom. The standard InChI is InChI=1S/C13H25N3O/c1-17-11-10-16(9-5-8-14)13-7-4-2-3-6-12(13)15/h12-13H,2-7,9-11,15H2,1H3. The molecule has 1 aliphatic carbocycles. The van der Waals surface area contributed by atoms with E-state index in [-0.39, 0.29) is 6.04 Å². The van der Waals surface area contributed by atoms with E-state index in [4.69, 9.17) is 15.7 Å². The summed E-state index contributed by atoms with van der Waals surface area (Å²) in [6.45, 7) is 2.42. The van der Waals surface area contributed by atoms with Gasteiger partial charge in [-0.15, -0.1) is 0 Å². The van der Waals surface area contributed by atoms with Gasteiger partial charge in [-0.25, -0.2) is 0 Å². The fraction of sp³-hybridized carbons (Fsp3) is 0.923. The van der Waals surface area contributed by atoms with Crippen molar-refractivity contribution in [3.05, 3.63) is 0 Å². The van der Waals surface area contributed by atoms with Crippen LogP contribution in [0.2, 0.25) is 0 Å². The third-order valence-electron chi connectivity index (χ3n) is 3.59. The van der Waals surface area contributed by atoms with Crippen LogP contribution in [0.15, 0.2) is 0 Å². The molecule has 0 aromatic heterocycles. The molecule has 0 aliphatic heterocycles. The summed E-state index contributed by atoms with van der Waals surface area (Å²) in [6, 6.07) is 2.91. The van der Waals surface area contributed by atoms with Crippen molar-refractivity contribution in [2.75, 3.05) is 26.8 Å². The van der Waals surface area contributed by atoms with Gasteiger partial charge in [0.15, 0.2) is 0 Å². The van der Waals surface area contributed by atoms with Gasteiger partial charge in [0, 0.05) is 38.7 Å². The van der Waals surface area contributed by atoms with E-state index in [1.54, 1.807) is 7.11 Å². The highest BCUT2D eigenvalue weighted by atomic mass is 16.5. The van der Waals surface area contributed by atoms with E-state index >= 15 is 0 Å². The Balaban J connectivity index is 2.54. The van der Waals surface area contributed by atoms with Crippen molar-refractivity contribution in [1.82, 2.24) is 4.90 Å². The van der Waals surface area contributed by atoms with Crippen LogP contribution in [0.5, 0.6) is 0 Å². The van der Waals surface area contributed by atoms with Crippen LogP contribution >= 0.6 is 0 Å². The lowest BCUT2D eigenvalue weighted by molar-refractivity contribution is 0.106. The lowest BCUT2D eigenvalue weighted by atomic mass is 10.0. The average Bonchev–Trinajstić information content (AvgIpc) is 2.55. The molecule has 0 aromatic rings. The fourth-order valence-electron chi connectivity index (χ4n) is 2.62. The Morgan fingerprint density at radius 3 is 2.76 bits per heavy atom. The quantitative estimate of drug-likeness (QED) is 0.714.